The van der Waals surface area contributed by atoms with Crippen LogP contribution in [0.3, 0.4) is 0 Å². The number of amides is 2. The van der Waals surface area contributed by atoms with Crippen molar-refractivity contribution in [2.45, 2.75) is 45.1 Å². The lowest BCUT2D eigenvalue weighted by Crippen LogP contribution is -2.52. The summed E-state index contributed by atoms with van der Waals surface area (Å²) in [7, 11) is -4.14. The number of halogens is 1. The van der Waals surface area contributed by atoms with E-state index < -0.39 is 28.5 Å². The highest BCUT2D eigenvalue weighted by molar-refractivity contribution is 9.10. The molecule has 1 N–H and O–H groups in total. The van der Waals surface area contributed by atoms with E-state index in [0.717, 1.165) is 14.3 Å². The molecule has 0 fully saturated rings. The summed E-state index contributed by atoms with van der Waals surface area (Å²) < 4.78 is 35.1. The molecule has 0 aliphatic carbocycles. The second-order valence-electron chi connectivity index (χ2n) is 10.0. The zero-order valence-corrected chi connectivity index (χ0v) is 26.3. The Kier molecular flexibility index (Phi) is 11.8. The van der Waals surface area contributed by atoms with E-state index in [9.17, 15) is 18.0 Å². The minimum Gasteiger partial charge on any atom is -0.494 e. The van der Waals surface area contributed by atoms with Crippen molar-refractivity contribution in [2.75, 3.05) is 30.5 Å². The van der Waals surface area contributed by atoms with Crippen LogP contribution in [0.5, 0.6) is 5.75 Å². The number of nitrogens with zero attached hydrogens (tertiary/aromatic N) is 2. The molecule has 1 atom stereocenters. The summed E-state index contributed by atoms with van der Waals surface area (Å²) in [6.45, 7) is 8.21. The molecule has 0 bridgehead atoms. The molecule has 0 unspecified atom stereocenters. The Hall–Kier alpha value is -3.37. The number of rotatable bonds is 14. The number of hydrogen-bond acceptors (Lipinski definition) is 5. The van der Waals surface area contributed by atoms with Gasteiger partial charge in [0.15, 0.2) is 0 Å². The van der Waals surface area contributed by atoms with Crippen LogP contribution >= 0.6 is 15.9 Å². The van der Waals surface area contributed by atoms with E-state index in [0.29, 0.717) is 31.0 Å². The Balaban J connectivity index is 1.97. The molecule has 0 radical (unpaired) electrons. The molecule has 0 heterocycles. The monoisotopic (exact) mass is 643 g/mol. The van der Waals surface area contributed by atoms with Crippen LogP contribution in [0, 0.1) is 5.92 Å². The van der Waals surface area contributed by atoms with Crippen molar-refractivity contribution in [1.29, 1.82) is 0 Å². The smallest absolute Gasteiger partial charge is 0.264 e. The molecule has 0 saturated carbocycles. The maximum Gasteiger partial charge on any atom is 0.264 e. The first kappa shape index (κ1) is 32.1. The maximum absolute atomic E-state index is 13.9. The Morgan fingerprint density at radius 3 is 2.15 bits per heavy atom. The van der Waals surface area contributed by atoms with Crippen molar-refractivity contribution in [3.05, 3.63) is 88.9 Å². The molecule has 41 heavy (non-hydrogen) atoms. The first-order chi connectivity index (χ1) is 19.5. The van der Waals surface area contributed by atoms with Crippen molar-refractivity contribution < 1.29 is 22.7 Å². The third kappa shape index (κ3) is 9.06. The van der Waals surface area contributed by atoms with Crippen LogP contribution in [0.15, 0.2) is 88.2 Å². The third-order valence-corrected chi connectivity index (χ3v) is 8.77. The van der Waals surface area contributed by atoms with Gasteiger partial charge in [-0.1, -0.05) is 60.1 Å². The Morgan fingerprint density at radius 1 is 0.927 bits per heavy atom. The van der Waals surface area contributed by atoms with Crippen molar-refractivity contribution in [3.8, 4) is 5.75 Å². The zero-order valence-electron chi connectivity index (χ0n) is 23.9. The molecule has 3 aromatic rings. The van der Waals surface area contributed by atoms with E-state index in [-0.39, 0.29) is 23.3 Å². The highest BCUT2D eigenvalue weighted by atomic mass is 79.9. The Morgan fingerprint density at radius 2 is 1.56 bits per heavy atom. The SMILES string of the molecule is CCOc1ccc(N(CC(=O)N(CCc2ccccc2)[C@@H](C)C(=O)NCC(C)C)S(=O)(=O)c2ccc(Br)cc2)cc1. The number of sulfonamides is 1. The zero-order chi connectivity index (χ0) is 30.0. The molecule has 0 saturated heterocycles. The molecule has 10 heteroatoms. The number of anilines is 1. The fraction of sp³-hybridized carbons (Fsp3) is 0.355. The van der Waals surface area contributed by atoms with E-state index in [1.54, 1.807) is 43.3 Å². The number of carbonyl (C=O) groups excluding carboxylic acids is 2. The summed E-state index contributed by atoms with van der Waals surface area (Å²) in [5.74, 6) is 0.0560. The topological polar surface area (TPSA) is 96.0 Å². The van der Waals surface area contributed by atoms with Gasteiger partial charge in [-0.3, -0.25) is 13.9 Å². The van der Waals surface area contributed by atoms with E-state index in [4.69, 9.17) is 4.74 Å². The summed E-state index contributed by atoms with van der Waals surface area (Å²) >= 11 is 3.34. The lowest BCUT2D eigenvalue weighted by molar-refractivity contribution is -0.138. The van der Waals surface area contributed by atoms with Gasteiger partial charge in [-0.05, 0) is 80.3 Å². The van der Waals surface area contributed by atoms with Crippen molar-refractivity contribution >= 4 is 43.5 Å². The largest absolute Gasteiger partial charge is 0.494 e. The summed E-state index contributed by atoms with van der Waals surface area (Å²) in [6.07, 6.45) is 0.511. The van der Waals surface area contributed by atoms with Crippen molar-refractivity contribution in [3.63, 3.8) is 0 Å². The van der Waals surface area contributed by atoms with E-state index >= 15 is 0 Å². The van der Waals surface area contributed by atoms with Gasteiger partial charge in [0.05, 0.1) is 17.2 Å². The molecular formula is C31H38BrN3O5S. The molecule has 3 rings (SSSR count). The second-order valence-corrected chi connectivity index (χ2v) is 12.8. The summed E-state index contributed by atoms with van der Waals surface area (Å²) in [5, 5.41) is 2.90. The fourth-order valence-corrected chi connectivity index (χ4v) is 5.84. The minimum atomic E-state index is -4.14. The van der Waals surface area contributed by atoms with E-state index in [2.05, 4.69) is 21.2 Å². The van der Waals surface area contributed by atoms with Crippen LogP contribution in [0.25, 0.3) is 0 Å². The van der Waals surface area contributed by atoms with Gasteiger partial charge in [-0.15, -0.1) is 0 Å². The van der Waals surface area contributed by atoms with Gasteiger partial charge in [0.1, 0.15) is 18.3 Å². The van der Waals surface area contributed by atoms with E-state index in [1.165, 1.54) is 17.0 Å². The van der Waals surface area contributed by atoms with Gasteiger partial charge in [0, 0.05) is 17.6 Å². The van der Waals surface area contributed by atoms with Crippen LogP contribution in [0.4, 0.5) is 5.69 Å². The highest BCUT2D eigenvalue weighted by Gasteiger charge is 2.32. The minimum absolute atomic E-state index is 0.0425. The van der Waals surface area contributed by atoms with Crippen LogP contribution in [-0.4, -0.2) is 57.4 Å². The quantitative estimate of drug-likeness (QED) is 0.258. The summed E-state index contributed by atoms with van der Waals surface area (Å²) in [4.78, 5) is 28.5. The average molecular weight is 645 g/mol. The normalized spacial score (nSPS) is 12.0. The molecule has 0 spiro atoms. The predicted molar refractivity (Wildman–Crippen MR) is 165 cm³/mol. The predicted octanol–water partition coefficient (Wildman–Crippen LogP) is 5.28. The second kappa shape index (κ2) is 15.0. The van der Waals surface area contributed by atoms with Crippen LogP contribution in [0.1, 0.15) is 33.3 Å². The lowest BCUT2D eigenvalue weighted by atomic mass is 10.1. The van der Waals surface area contributed by atoms with Gasteiger partial charge in [0.25, 0.3) is 10.0 Å². The molecule has 0 aliphatic heterocycles. The molecule has 0 aromatic heterocycles. The Labute approximate surface area is 251 Å². The van der Waals surface area contributed by atoms with Crippen molar-refractivity contribution in [2.24, 2.45) is 5.92 Å². The molecular weight excluding hydrogens is 606 g/mol. The van der Waals surface area contributed by atoms with E-state index in [1.807, 2.05) is 51.1 Å². The number of ether oxygens (including phenoxy) is 1. The molecule has 2 amide bonds. The first-order valence-electron chi connectivity index (χ1n) is 13.6. The molecule has 3 aromatic carbocycles. The number of hydrogen-bond donors (Lipinski definition) is 1. The van der Waals surface area contributed by atoms with Crippen LogP contribution in [-0.2, 0) is 26.0 Å². The van der Waals surface area contributed by atoms with Crippen molar-refractivity contribution in [1.82, 2.24) is 10.2 Å². The lowest BCUT2D eigenvalue weighted by Gasteiger charge is -2.32. The van der Waals surface area contributed by atoms with Gasteiger partial charge < -0.3 is 15.0 Å². The number of benzene rings is 3. The molecule has 0 aliphatic rings. The maximum atomic E-state index is 13.9. The Bertz CT molecular complexity index is 1380. The van der Waals surface area contributed by atoms with Gasteiger partial charge in [-0.2, -0.15) is 0 Å². The average Bonchev–Trinajstić information content (AvgIpc) is 2.96. The first-order valence-corrected chi connectivity index (χ1v) is 15.9. The standard InChI is InChI=1S/C31H38BrN3O5S/c1-5-40-28-15-13-27(14-16-28)35(41(38,39)29-17-11-26(32)12-18-29)22-30(36)34(20-19-25-9-7-6-8-10-25)24(4)31(37)33-21-23(2)3/h6-18,23-24H,5,19-22H2,1-4H3,(H,33,37)/t24-/m0/s1. The van der Waals surface area contributed by atoms with Gasteiger partial charge in [0.2, 0.25) is 11.8 Å². The summed E-state index contributed by atoms with van der Waals surface area (Å²) in [6, 6.07) is 21.7. The van der Waals surface area contributed by atoms with Gasteiger partial charge >= 0.3 is 0 Å². The molecule has 8 nitrogen and oxygen atoms in total. The number of carbonyl (C=O) groups is 2. The van der Waals surface area contributed by atoms with Gasteiger partial charge in [-0.25, -0.2) is 8.42 Å². The highest BCUT2D eigenvalue weighted by Crippen LogP contribution is 2.27. The molecule has 220 valence electrons. The third-order valence-electron chi connectivity index (χ3n) is 6.45. The number of nitrogens with one attached hydrogen (secondary N) is 1. The van der Waals surface area contributed by atoms with Crippen LogP contribution < -0.4 is 14.4 Å². The van der Waals surface area contributed by atoms with Crippen LogP contribution in [0.2, 0.25) is 0 Å². The summed E-state index contributed by atoms with van der Waals surface area (Å²) in [5.41, 5.74) is 1.32. The fourth-order valence-electron chi connectivity index (χ4n) is 4.16.